The summed E-state index contributed by atoms with van der Waals surface area (Å²) < 4.78 is 10.2. The Morgan fingerprint density at radius 2 is 1.77 bits per heavy atom. The third kappa shape index (κ3) is 3.25. The molecule has 6 nitrogen and oxygen atoms in total. The van der Waals surface area contributed by atoms with Gasteiger partial charge in [-0.1, -0.05) is 0 Å². The first-order valence-electron chi connectivity index (χ1n) is 7.82. The number of hydrogen-bond donors (Lipinski definition) is 0. The maximum Gasteiger partial charge on any atom is 0.417 e. The van der Waals surface area contributed by atoms with E-state index >= 15 is 0 Å². The van der Waals surface area contributed by atoms with Crippen LogP contribution in [0.4, 0.5) is 4.79 Å². The van der Waals surface area contributed by atoms with E-state index in [0.29, 0.717) is 38.5 Å². The number of carbonyl (C=O) groups excluding carboxylic acids is 3. The number of esters is 1. The van der Waals surface area contributed by atoms with Gasteiger partial charge in [0.05, 0.1) is 18.6 Å². The van der Waals surface area contributed by atoms with Gasteiger partial charge in [-0.25, -0.2) is 9.69 Å². The van der Waals surface area contributed by atoms with Gasteiger partial charge in [0.25, 0.3) is 0 Å². The first-order chi connectivity index (χ1) is 10.2. The minimum absolute atomic E-state index is 0.133. The highest BCUT2D eigenvalue weighted by Crippen LogP contribution is 2.44. The molecule has 0 bridgehead atoms. The van der Waals surface area contributed by atoms with Crippen molar-refractivity contribution in [3.8, 4) is 0 Å². The second-order valence-corrected chi connectivity index (χ2v) is 7.23. The van der Waals surface area contributed by atoms with E-state index in [4.69, 9.17) is 9.47 Å². The molecule has 2 rings (SSSR count). The molecule has 1 saturated heterocycles. The van der Waals surface area contributed by atoms with Crippen molar-refractivity contribution < 1.29 is 23.9 Å². The highest BCUT2D eigenvalue weighted by Gasteiger charge is 2.52. The predicted molar refractivity (Wildman–Crippen MR) is 79.0 cm³/mol. The molecular formula is C16H25NO5. The topological polar surface area (TPSA) is 72.9 Å². The number of rotatable bonds is 1. The predicted octanol–water partition coefficient (Wildman–Crippen LogP) is 2.65. The molecule has 2 aliphatic rings. The minimum Gasteiger partial charge on any atom is -0.469 e. The van der Waals surface area contributed by atoms with Crippen LogP contribution in [-0.4, -0.2) is 41.1 Å². The molecule has 1 aliphatic carbocycles. The highest BCUT2D eigenvalue weighted by atomic mass is 16.6. The number of likely N-dealkylation sites (tertiary alicyclic amines) is 1. The van der Waals surface area contributed by atoms with Crippen LogP contribution in [0.1, 0.15) is 59.3 Å². The Morgan fingerprint density at radius 3 is 2.27 bits per heavy atom. The Bertz CT molecular complexity index is 471. The molecule has 0 aromatic carbocycles. The maximum atomic E-state index is 12.4. The summed E-state index contributed by atoms with van der Waals surface area (Å²) in [5, 5.41) is 0. The molecule has 124 valence electrons. The zero-order valence-electron chi connectivity index (χ0n) is 13.8. The molecule has 2 fully saturated rings. The van der Waals surface area contributed by atoms with Crippen molar-refractivity contribution in [2.75, 3.05) is 7.11 Å². The number of ether oxygens (including phenoxy) is 2. The molecule has 0 N–H and O–H groups in total. The second-order valence-electron chi connectivity index (χ2n) is 7.23. The van der Waals surface area contributed by atoms with Crippen LogP contribution in [0.25, 0.3) is 0 Å². The smallest absolute Gasteiger partial charge is 0.417 e. The molecule has 0 radical (unpaired) electrons. The number of hydrogen-bond acceptors (Lipinski definition) is 5. The van der Waals surface area contributed by atoms with E-state index in [9.17, 15) is 14.4 Å². The van der Waals surface area contributed by atoms with Gasteiger partial charge in [0, 0.05) is 6.42 Å². The van der Waals surface area contributed by atoms with E-state index in [-0.39, 0.29) is 17.8 Å². The van der Waals surface area contributed by atoms with E-state index in [1.54, 1.807) is 20.8 Å². The number of carbonyl (C=O) groups is 3. The van der Waals surface area contributed by atoms with Crippen molar-refractivity contribution in [3.05, 3.63) is 0 Å². The average molecular weight is 311 g/mol. The first-order valence-corrected chi connectivity index (χ1v) is 7.82. The quantitative estimate of drug-likeness (QED) is 0.696. The lowest BCUT2D eigenvalue weighted by molar-refractivity contribution is -0.147. The molecule has 2 amide bonds. The summed E-state index contributed by atoms with van der Waals surface area (Å²) in [5.74, 6) is -0.513. The highest BCUT2D eigenvalue weighted by molar-refractivity contribution is 5.95. The third-order valence-corrected chi connectivity index (χ3v) is 4.55. The number of nitrogens with zero attached hydrogens (tertiary/aromatic N) is 1. The van der Waals surface area contributed by atoms with Crippen LogP contribution in [-0.2, 0) is 19.1 Å². The molecule has 0 atom stereocenters. The van der Waals surface area contributed by atoms with Gasteiger partial charge in [0.2, 0.25) is 5.91 Å². The number of amides is 2. The number of imide groups is 1. The Labute approximate surface area is 131 Å². The van der Waals surface area contributed by atoms with Gasteiger partial charge < -0.3 is 9.47 Å². The van der Waals surface area contributed by atoms with Crippen LogP contribution in [0.2, 0.25) is 0 Å². The minimum atomic E-state index is -0.635. The molecule has 6 heteroatoms. The second kappa shape index (κ2) is 5.89. The van der Waals surface area contributed by atoms with Gasteiger partial charge >= 0.3 is 12.1 Å². The molecule has 1 heterocycles. The largest absolute Gasteiger partial charge is 0.469 e. The lowest BCUT2D eigenvalue weighted by atomic mass is 9.75. The summed E-state index contributed by atoms with van der Waals surface area (Å²) in [4.78, 5) is 37.5. The Hall–Kier alpha value is -1.59. The zero-order valence-corrected chi connectivity index (χ0v) is 13.8. The van der Waals surface area contributed by atoms with Gasteiger partial charge in [-0.2, -0.15) is 0 Å². The fourth-order valence-electron chi connectivity index (χ4n) is 3.46. The molecule has 1 aliphatic heterocycles. The number of methoxy groups -OCH3 is 1. The van der Waals surface area contributed by atoms with Crippen molar-refractivity contribution in [2.45, 2.75) is 70.4 Å². The van der Waals surface area contributed by atoms with Crippen molar-refractivity contribution in [2.24, 2.45) is 5.92 Å². The van der Waals surface area contributed by atoms with Crippen LogP contribution < -0.4 is 0 Å². The maximum absolute atomic E-state index is 12.4. The van der Waals surface area contributed by atoms with Crippen LogP contribution in [0.15, 0.2) is 0 Å². The van der Waals surface area contributed by atoms with Crippen LogP contribution in [0.3, 0.4) is 0 Å². The lowest BCUT2D eigenvalue weighted by Gasteiger charge is -2.42. The summed E-state index contributed by atoms with van der Waals surface area (Å²) in [6, 6.07) is 0. The van der Waals surface area contributed by atoms with Crippen molar-refractivity contribution >= 4 is 18.0 Å². The van der Waals surface area contributed by atoms with Gasteiger partial charge in [-0.05, 0) is 52.9 Å². The van der Waals surface area contributed by atoms with E-state index in [1.165, 1.54) is 12.0 Å². The first kappa shape index (κ1) is 16.8. The van der Waals surface area contributed by atoms with Crippen LogP contribution in [0, 0.1) is 5.92 Å². The van der Waals surface area contributed by atoms with Gasteiger partial charge in [-0.3, -0.25) is 9.59 Å². The monoisotopic (exact) mass is 311 g/mol. The van der Waals surface area contributed by atoms with Crippen LogP contribution >= 0.6 is 0 Å². The van der Waals surface area contributed by atoms with E-state index in [1.807, 2.05) is 0 Å². The molecule has 1 saturated carbocycles. The van der Waals surface area contributed by atoms with Crippen molar-refractivity contribution in [1.29, 1.82) is 0 Å². The van der Waals surface area contributed by atoms with E-state index < -0.39 is 17.2 Å². The lowest BCUT2D eigenvalue weighted by Crippen LogP contribution is -2.53. The fraction of sp³-hybridized carbons (Fsp3) is 0.812. The fourth-order valence-corrected chi connectivity index (χ4v) is 3.46. The van der Waals surface area contributed by atoms with E-state index in [0.717, 1.165) is 0 Å². The molecule has 22 heavy (non-hydrogen) atoms. The Balaban J connectivity index is 2.11. The Morgan fingerprint density at radius 1 is 1.18 bits per heavy atom. The zero-order chi connectivity index (χ0) is 16.5. The molecule has 1 spiro atoms. The summed E-state index contributed by atoms with van der Waals surface area (Å²) in [6.45, 7) is 5.35. The summed E-state index contributed by atoms with van der Waals surface area (Å²) >= 11 is 0. The van der Waals surface area contributed by atoms with Gasteiger partial charge in [0.1, 0.15) is 5.60 Å². The summed E-state index contributed by atoms with van der Waals surface area (Å²) in [7, 11) is 1.39. The van der Waals surface area contributed by atoms with Gasteiger partial charge in [-0.15, -0.1) is 0 Å². The molecule has 0 aromatic rings. The molecular weight excluding hydrogens is 286 g/mol. The summed E-state index contributed by atoms with van der Waals surface area (Å²) in [6.07, 6.45) is 3.00. The SMILES string of the molecule is COC(=O)C1CCC2(CCC(=O)N2C(=O)OC(C)(C)C)CC1. The van der Waals surface area contributed by atoms with Gasteiger partial charge in [0.15, 0.2) is 0 Å². The molecule has 0 unspecified atom stereocenters. The molecule has 0 aromatic heterocycles. The van der Waals surface area contributed by atoms with Crippen LogP contribution in [0.5, 0.6) is 0 Å². The standard InChI is InChI=1S/C16H25NO5/c1-15(2,3)22-14(20)17-12(18)7-10-16(17)8-5-11(6-9-16)13(19)21-4/h11H,5-10H2,1-4H3. The summed E-state index contributed by atoms with van der Waals surface area (Å²) in [5.41, 5.74) is -1.12. The van der Waals surface area contributed by atoms with E-state index in [2.05, 4.69) is 0 Å². The normalized spacial score (nSPS) is 28.8. The van der Waals surface area contributed by atoms with Crippen molar-refractivity contribution in [1.82, 2.24) is 4.90 Å². The van der Waals surface area contributed by atoms with Crippen molar-refractivity contribution in [3.63, 3.8) is 0 Å². The Kier molecular flexibility index (Phi) is 4.49. The average Bonchev–Trinajstić information content (AvgIpc) is 2.74. The third-order valence-electron chi connectivity index (χ3n) is 4.55.